The quantitative estimate of drug-likeness (QED) is 0.290. The van der Waals surface area contributed by atoms with Crippen molar-refractivity contribution in [2.75, 3.05) is 10.6 Å². The molecule has 3 rings (SSSR count). The summed E-state index contributed by atoms with van der Waals surface area (Å²) in [5, 5.41) is 15.6. The van der Waals surface area contributed by atoms with Gasteiger partial charge in [-0.15, -0.1) is 0 Å². The minimum atomic E-state index is -0.138. The standard InChI is InChI=1S/C15H9Br2IN2O2/c16-11-4-8(5-12(17)14(11)21)19-6-10-9-3-7(18)1-2-13(9)20-15(10)22/h1-6,19,21H,(H,20,22)/b10-6+. The molecule has 112 valence electrons. The zero-order valence-corrected chi connectivity index (χ0v) is 16.3. The number of rotatable bonds is 2. The van der Waals surface area contributed by atoms with E-state index in [1.165, 1.54) is 0 Å². The molecule has 0 bridgehead atoms. The molecule has 2 aromatic carbocycles. The summed E-state index contributed by atoms with van der Waals surface area (Å²) < 4.78 is 2.19. The van der Waals surface area contributed by atoms with Crippen molar-refractivity contribution in [1.82, 2.24) is 0 Å². The van der Waals surface area contributed by atoms with E-state index in [1.807, 2.05) is 18.2 Å². The Morgan fingerprint density at radius 2 is 1.86 bits per heavy atom. The summed E-state index contributed by atoms with van der Waals surface area (Å²) in [5.74, 6) is -0.00174. The van der Waals surface area contributed by atoms with E-state index in [2.05, 4.69) is 65.1 Å². The average Bonchev–Trinajstić information content (AvgIpc) is 2.77. The first-order chi connectivity index (χ1) is 10.5. The number of carbonyl (C=O) groups excluding carboxylic acids is 1. The van der Waals surface area contributed by atoms with Crippen molar-refractivity contribution in [3.8, 4) is 5.75 Å². The molecule has 22 heavy (non-hydrogen) atoms. The van der Waals surface area contributed by atoms with E-state index < -0.39 is 0 Å². The van der Waals surface area contributed by atoms with Gasteiger partial charge >= 0.3 is 0 Å². The summed E-state index contributed by atoms with van der Waals surface area (Å²) in [6, 6.07) is 9.27. The van der Waals surface area contributed by atoms with E-state index in [9.17, 15) is 9.90 Å². The van der Waals surface area contributed by atoms with Crippen LogP contribution in [0.1, 0.15) is 5.56 Å². The number of phenolic OH excluding ortho intramolecular Hbond substituents is 1. The van der Waals surface area contributed by atoms with Crippen LogP contribution in [0.15, 0.2) is 45.5 Å². The van der Waals surface area contributed by atoms with E-state index in [0.29, 0.717) is 14.5 Å². The lowest BCUT2D eigenvalue weighted by Crippen LogP contribution is -2.05. The molecule has 0 aliphatic carbocycles. The number of aromatic hydroxyl groups is 1. The van der Waals surface area contributed by atoms with Gasteiger partial charge in [-0.3, -0.25) is 4.79 Å². The summed E-state index contributed by atoms with van der Waals surface area (Å²) in [6.45, 7) is 0. The number of carbonyl (C=O) groups is 1. The van der Waals surface area contributed by atoms with E-state index >= 15 is 0 Å². The fourth-order valence-electron chi connectivity index (χ4n) is 2.11. The molecule has 7 heteroatoms. The van der Waals surface area contributed by atoms with Crippen LogP contribution in [0.4, 0.5) is 11.4 Å². The van der Waals surface area contributed by atoms with Gasteiger partial charge in [0.05, 0.1) is 14.5 Å². The summed E-state index contributed by atoms with van der Waals surface area (Å²) in [5.41, 5.74) is 3.01. The van der Waals surface area contributed by atoms with Crippen LogP contribution in [0.2, 0.25) is 0 Å². The van der Waals surface area contributed by atoms with E-state index in [1.54, 1.807) is 18.3 Å². The molecule has 0 spiro atoms. The second-order valence-electron chi connectivity index (χ2n) is 4.63. The normalized spacial score (nSPS) is 14.9. The zero-order valence-electron chi connectivity index (χ0n) is 11.0. The molecule has 1 amide bonds. The van der Waals surface area contributed by atoms with Crippen molar-refractivity contribution in [2.45, 2.75) is 0 Å². The lowest BCUT2D eigenvalue weighted by Gasteiger charge is -2.06. The highest BCUT2D eigenvalue weighted by atomic mass is 127. The van der Waals surface area contributed by atoms with Crippen molar-refractivity contribution >= 4 is 77.3 Å². The van der Waals surface area contributed by atoms with Crippen molar-refractivity contribution in [3.05, 3.63) is 54.6 Å². The topological polar surface area (TPSA) is 61.4 Å². The van der Waals surface area contributed by atoms with Crippen LogP contribution in [-0.4, -0.2) is 11.0 Å². The van der Waals surface area contributed by atoms with Gasteiger partial charge in [0.15, 0.2) is 0 Å². The molecule has 0 aromatic heterocycles. The molecule has 0 saturated heterocycles. The maximum atomic E-state index is 12.1. The number of nitrogens with one attached hydrogen (secondary N) is 2. The van der Waals surface area contributed by atoms with Crippen molar-refractivity contribution in [3.63, 3.8) is 0 Å². The Labute approximate surface area is 157 Å². The first kappa shape index (κ1) is 15.8. The van der Waals surface area contributed by atoms with Crippen LogP contribution in [0.3, 0.4) is 0 Å². The number of halogens is 3. The van der Waals surface area contributed by atoms with E-state index in [4.69, 9.17) is 0 Å². The van der Waals surface area contributed by atoms with Crippen LogP contribution < -0.4 is 10.6 Å². The monoisotopic (exact) mass is 534 g/mol. The van der Waals surface area contributed by atoms with Crippen LogP contribution >= 0.6 is 54.5 Å². The number of anilines is 2. The molecule has 1 heterocycles. The number of benzene rings is 2. The summed E-state index contributed by atoms with van der Waals surface area (Å²) >= 11 is 8.77. The minimum absolute atomic E-state index is 0.136. The average molecular weight is 536 g/mol. The maximum Gasteiger partial charge on any atom is 0.257 e. The highest BCUT2D eigenvalue weighted by Crippen LogP contribution is 2.36. The third-order valence-electron chi connectivity index (χ3n) is 3.16. The van der Waals surface area contributed by atoms with Gasteiger partial charge in [0.2, 0.25) is 0 Å². The summed E-state index contributed by atoms with van der Waals surface area (Å²) in [7, 11) is 0. The summed E-state index contributed by atoms with van der Waals surface area (Å²) in [6.07, 6.45) is 1.67. The Kier molecular flexibility index (Phi) is 4.47. The lowest BCUT2D eigenvalue weighted by atomic mass is 10.1. The fourth-order valence-corrected chi connectivity index (χ4v) is 3.79. The van der Waals surface area contributed by atoms with Gasteiger partial charge in [0.1, 0.15) is 5.75 Å². The van der Waals surface area contributed by atoms with Crippen LogP contribution in [0, 0.1) is 3.57 Å². The first-order valence-corrected chi connectivity index (χ1v) is 8.88. The van der Waals surface area contributed by atoms with Crippen LogP contribution in [0.25, 0.3) is 5.57 Å². The molecule has 3 N–H and O–H groups in total. The smallest absolute Gasteiger partial charge is 0.257 e. The molecule has 0 unspecified atom stereocenters. The Hall–Kier alpha value is -1.06. The van der Waals surface area contributed by atoms with E-state index in [0.717, 1.165) is 20.5 Å². The van der Waals surface area contributed by atoms with Gasteiger partial charge in [-0.2, -0.15) is 0 Å². The third kappa shape index (κ3) is 3.02. The number of hydrogen-bond acceptors (Lipinski definition) is 3. The van der Waals surface area contributed by atoms with Crippen molar-refractivity contribution in [2.24, 2.45) is 0 Å². The Morgan fingerprint density at radius 1 is 1.18 bits per heavy atom. The van der Waals surface area contributed by atoms with Gasteiger partial charge in [-0.25, -0.2) is 0 Å². The third-order valence-corrected chi connectivity index (χ3v) is 5.04. The molecule has 2 aromatic rings. The second kappa shape index (κ2) is 6.21. The molecule has 0 radical (unpaired) electrons. The highest BCUT2D eigenvalue weighted by molar-refractivity contribution is 14.1. The molecule has 0 saturated carbocycles. The summed E-state index contributed by atoms with van der Waals surface area (Å²) in [4.78, 5) is 12.1. The van der Waals surface area contributed by atoms with Crippen LogP contribution in [-0.2, 0) is 4.79 Å². The number of hydrogen-bond donors (Lipinski definition) is 3. The number of amides is 1. The van der Waals surface area contributed by atoms with Gasteiger partial charge in [-0.05, 0) is 84.8 Å². The molecule has 1 aliphatic rings. The Morgan fingerprint density at radius 3 is 2.55 bits per heavy atom. The van der Waals surface area contributed by atoms with Gasteiger partial charge in [0.25, 0.3) is 5.91 Å². The number of phenols is 1. The maximum absolute atomic E-state index is 12.1. The van der Waals surface area contributed by atoms with Crippen molar-refractivity contribution in [1.29, 1.82) is 0 Å². The predicted molar refractivity (Wildman–Crippen MR) is 103 cm³/mol. The Balaban J connectivity index is 1.94. The SMILES string of the molecule is O=C1Nc2ccc(I)cc2/C1=C\Nc1cc(Br)c(O)c(Br)c1. The van der Waals surface area contributed by atoms with Gasteiger partial charge < -0.3 is 15.7 Å². The molecular formula is C15H9Br2IN2O2. The molecule has 0 fully saturated rings. The highest BCUT2D eigenvalue weighted by Gasteiger charge is 2.24. The molecule has 1 aliphatic heterocycles. The molecule has 0 atom stereocenters. The fraction of sp³-hybridized carbons (Fsp3) is 0. The van der Waals surface area contributed by atoms with Crippen LogP contribution in [0.5, 0.6) is 5.75 Å². The zero-order chi connectivity index (χ0) is 15.9. The first-order valence-electron chi connectivity index (χ1n) is 6.21. The largest absolute Gasteiger partial charge is 0.506 e. The Bertz CT molecular complexity index is 798. The van der Waals surface area contributed by atoms with Gasteiger partial charge in [0, 0.05) is 26.7 Å². The van der Waals surface area contributed by atoms with Gasteiger partial charge in [-0.1, -0.05) is 0 Å². The lowest BCUT2D eigenvalue weighted by molar-refractivity contribution is -0.110. The minimum Gasteiger partial charge on any atom is -0.506 e. The second-order valence-corrected chi connectivity index (χ2v) is 7.59. The predicted octanol–water partition coefficient (Wildman–Crippen LogP) is 4.93. The van der Waals surface area contributed by atoms with Crippen molar-refractivity contribution < 1.29 is 9.90 Å². The molecular weight excluding hydrogens is 527 g/mol. The van der Waals surface area contributed by atoms with E-state index in [-0.39, 0.29) is 11.7 Å². The molecule has 4 nitrogen and oxygen atoms in total. The number of fused-ring (bicyclic) bond motifs is 1.